The summed E-state index contributed by atoms with van der Waals surface area (Å²) in [6.07, 6.45) is -1.28. The highest BCUT2D eigenvalue weighted by Gasteiger charge is 2.56. The molecule has 3 aliphatic rings. The van der Waals surface area contributed by atoms with E-state index in [4.69, 9.17) is 14.3 Å². The maximum absolute atomic E-state index is 12.2. The van der Waals surface area contributed by atoms with Crippen molar-refractivity contribution < 1.29 is 19.1 Å². The van der Waals surface area contributed by atoms with E-state index >= 15 is 0 Å². The number of rotatable bonds is 1. The maximum atomic E-state index is 12.2. The van der Waals surface area contributed by atoms with Crippen molar-refractivity contribution in [3.8, 4) is 0 Å². The first-order chi connectivity index (χ1) is 8.84. The van der Waals surface area contributed by atoms with Crippen LogP contribution in [0.15, 0.2) is 35.5 Å². The summed E-state index contributed by atoms with van der Waals surface area (Å²) in [5.41, 5.74) is 1.61. The molecule has 0 N–H and O–H groups in total. The maximum Gasteiger partial charge on any atom is 0.219 e. The Morgan fingerprint density at radius 3 is 2.89 bits per heavy atom. The molecule has 3 heterocycles. The average molecular weight is 245 g/mol. The van der Waals surface area contributed by atoms with Gasteiger partial charge >= 0.3 is 0 Å². The second-order valence-electron chi connectivity index (χ2n) is 4.63. The molecule has 5 nitrogen and oxygen atoms in total. The summed E-state index contributed by atoms with van der Waals surface area (Å²) in [4.78, 5) is 17.6. The second-order valence-corrected chi connectivity index (χ2v) is 4.63. The number of Topliss-reactive ketones (excluding diaryl/α,β-unsaturated/α-hetero) is 1. The SMILES string of the molecule is O=C1[C@@H]2OC[C@@H](O2)[C@H]2ON=C(c3ccccc3)[C@@H]12. The molecule has 2 bridgehead atoms. The van der Waals surface area contributed by atoms with Crippen LogP contribution in [0, 0.1) is 5.92 Å². The normalized spacial score (nSPS) is 37.1. The Balaban J connectivity index is 1.74. The van der Waals surface area contributed by atoms with Crippen LogP contribution in [0.5, 0.6) is 0 Å². The van der Waals surface area contributed by atoms with Crippen molar-refractivity contribution in [3.05, 3.63) is 35.9 Å². The summed E-state index contributed by atoms with van der Waals surface area (Å²) in [6, 6.07) is 9.61. The van der Waals surface area contributed by atoms with Crippen LogP contribution in [-0.2, 0) is 19.1 Å². The molecule has 0 aromatic heterocycles. The van der Waals surface area contributed by atoms with Gasteiger partial charge in [-0.15, -0.1) is 0 Å². The number of carbonyl (C=O) groups excluding carboxylic acids is 1. The number of fused-ring (bicyclic) bond motifs is 4. The first kappa shape index (κ1) is 10.2. The van der Waals surface area contributed by atoms with Gasteiger partial charge < -0.3 is 14.3 Å². The fourth-order valence-corrected chi connectivity index (χ4v) is 2.70. The molecule has 0 saturated carbocycles. The van der Waals surface area contributed by atoms with Gasteiger partial charge in [-0.3, -0.25) is 4.79 Å². The van der Waals surface area contributed by atoms with Crippen LogP contribution in [-0.4, -0.2) is 36.6 Å². The Morgan fingerprint density at radius 2 is 2.06 bits per heavy atom. The number of benzene rings is 1. The van der Waals surface area contributed by atoms with Crippen LogP contribution < -0.4 is 0 Å². The lowest BCUT2D eigenvalue weighted by Crippen LogP contribution is -2.48. The minimum absolute atomic E-state index is 0.0890. The monoisotopic (exact) mass is 245 g/mol. The van der Waals surface area contributed by atoms with E-state index in [0.717, 1.165) is 5.56 Å². The van der Waals surface area contributed by atoms with Crippen molar-refractivity contribution >= 4 is 11.5 Å². The molecule has 92 valence electrons. The molecule has 2 saturated heterocycles. The molecule has 1 aromatic carbocycles. The molecule has 3 aliphatic heterocycles. The van der Waals surface area contributed by atoms with Crippen LogP contribution in [0.4, 0.5) is 0 Å². The zero-order valence-corrected chi connectivity index (χ0v) is 9.48. The smallest absolute Gasteiger partial charge is 0.219 e. The molecule has 0 unspecified atom stereocenters. The Morgan fingerprint density at radius 1 is 1.22 bits per heavy atom. The lowest BCUT2D eigenvalue weighted by atomic mass is 9.85. The zero-order chi connectivity index (χ0) is 12.1. The number of ketones is 1. The predicted octanol–water partition coefficient (Wildman–Crippen LogP) is 0.730. The van der Waals surface area contributed by atoms with Gasteiger partial charge in [-0.25, -0.2) is 0 Å². The third-order valence-electron chi connectivity index (χ3n) is 3.58. The number of hydrogen-bond acceptors (Lipinski definition) is 5. The first-order valence-corrected chi connectivity index (χ1v) is 5.94. The van der Waals surface area contributed by atoms with Gasteiger partial charge in [0.05, 0.1) is 6.61 Å². The van der Waals surface area contributed by atoms with Crippen molar-refractivity contribution in [1.29, 1.82) is 0 Å². The van der Waals surface area contributed by atoms with Crippen molar-refractivity contribution in [1.82, 2.24) is 0 Å². The topological polar surface area (TPSA) is 57.1 Å². The fraction of sp³-hybridized carbons (Fsp3) is 0.385. The highest BCUT2D eigenvalue weighted by atomic mass is 16.7. The standard InChI is InChI=1S/C13H11NO4/c15-11-9-10(7-4-2-1-3-5-7)14-18-12(9)8-6-16-13(11)17-8/h1-5,8-9,12-13H,6H2/t8-,9+,12-,13-/m1/s1. The van der Waals surface area contributed by atoms with E-state index < -0.39 is 6.29 Å². The van der Waals surface area contributed by atoms with Crippen molar-refractivity contribution in [2.24, 2.45) is 11.1 Å². The summed E-state index contributed by atoms with van der Waals surface area (Å²) in [7, 11) is 0. The van der Waals surface area contributed by atoms with Crippen LogP contribution >= 0.6 is 0 Å². The molecule has 0 aliphatic carbocycles. The average Bonchev–Trinajstić information content (AvgIpc) is 3.03. The number of nitrogens with zero attached hydrogens (tertiary/aromatic N) is 1. The second kappa shape index (κ2) is 3.63. The van der Waals surface area contributed by atoms with Crippen LogP contribution in [0.3, 0.4) is 0 Å². The molecule has 1 aromatic rings. The van der Waals surface area contributed by atoms with E-state index in [0.29, 0.717) is 12.3 Å². The molecular formula is C13H11NO4. The van der Waals surface area contributed by atoms with Crippen LogP contribution in [0.25, 0.3) is 0 Å². The third kappa shape index (κ3) is 1.28. The van der Waals surface area contributed by atoms with Gasteiger partial charge in [0.25, 0.3) is 0 Å². The Labute approximate surface area is 103 Å². The minimum atomic E-state index is -0.744. The zero-order valence-electron chi connectivity index (χ0n) is 9.48. The number of carbonyl (C=O) groups is 1. The van der Waals surface area contributed by atoms with Crippen LogP contribution in [0.1, 0.15) is 5.56 Å². The lowest BCUT2D eigenvalue weighted by molar-refractivity contribution is -0.169. The van der Waals surface area contributed by atoms with Crippen molar-refractivity contribution in [2.45, 2.75) is 18.5 Å². The molecule has 5 heteroatoms. The Kier molecular flexibility index (Phi) is 2.06. The fourth-order valence-electron chi connectivity index (χ4n) is 2.70. The predicted molar refractivity (Wildman–Crippen MR) is 61.0 cm³/mol. The van der Waals surface area contributed by atoms with E-state index in [1.54, 1.807) is 0 Å². The van der Waals surface area contributed by atoms with E-state index in [1.807, 2.05) is 30.3 Å². The molecule has 2 fully saturated rings. The van der Waals surface area contributed by atoms with E-state index in [1.165, 1.54) is 0 Å². The summed E-state index contributed by atoms with van der Waals surface area (Å²) in [6.45, 7) is 0.398. The van der Waals surface area contributed by atoms with Gasteiger partial charge in [0.15, 0.2) is 6.10 Å². The quantitative estimate of drug-likeness (QED) is 0.732. The molecular weight excluding hydrogens is 234 g/mol. The molecule has 18 heavy (non-hydrogen) atoms. The summed E-state index contributed by atoms with van der Waals surface area (Å²) >= 11 is 0. The van der Waals surface area contributed by atoms with Crippen molar-refractivity contribution in [3.63, 3.8) is 0 Å². The third-order valence-corrected chi connectivity index (χ3v) is 3.58. The van der Waals surface area contributed by atoms with Gasteiger partial charge in [0.1, 0.15) is 17.7 Å². The van der Waals surface area contributed by atoms with Gasteiger partial charge in [-0.2, -0.15) is 0 Å². The number of hydrogen-bond donors (Lipinski definition) is 0. The molecule has 0 amide bonds. The van der Waals surface area contributed by atoms with E-state index in [9.17, 15) is 4.79 Å². The Hall–Kier alpha value is -1.72. The minimum Gasteiger partial charge on any atom is -0.388 e. The summed E-state index contributed by atoms with van der Waals surface area (Å²) in [5, 5.41) is 4.08. The van der Waals surface area contributed by atoms with Gasteiger partial charge in [-0.1, -0.05) is 35.5 Å². The van der Waals surface area contributed by atoms with Gasteiger partial charge in [-0.05, 0) is 0 Å². The van der Waals surface area contributed by atoms with E-state index in [-0.39, 0.29) is 23.9 Å². The van der Waals surface area contributed by atoms with E-state index in [2.05, 4.69) is 5.16 Å². The molecule has 0 spiro atoms. The highest BCUT2D eigenvalue weighted by molar-refractivity contribution is 6.15. The largest absolute Gasteiger partial charge is 0.388 e. The molecule has 4 atom stereocenters. The lowest BCUT2D eigenvalue weighted by Gasteiger charge is -2.27. The summed E-state index contributed by atoms with van der Waals surface area (Å²) in [5.74, 6) is -0.451. The van der Waals surface area contributed by atoms with Crippen LogP contribution in [0.2, 0.25) is 0 Å². The first-order valence-electron chi connectivity index (χ1n) is 5.94. The Bertz CT molecular complexity index is 527. The highest BCUT2D eigenvalue weighted by Crippen LogP contribution is 2.36. The molecule has 4 rings (SSSR count). The van der Waals surface area contributed by atoms with Crippen molar-refractivity contribution in [2.75, 3.05) is 6.61 Å². The van der Waals surface area contributed by atoms with Gasteiger partial charge in [0, 0.05) is 5.56 Å². The molecule has 0 radical (unpaired) electrons. The number of ether oxygens (including phenoxy) is 2. The summed E-state index contributed by atoms with van der Waals surface area (Å²) < 4.78 is 10.7. The van der Waals surface area contributed by atoms with Gasteiger partial charge in [0.2, 0.25) is 12.1 Å². The number of oxime groups is 1.